The summed E-state index contributed by atoms with van der Waals surface area (Å²) >= 11 is 5.78. The summed E-state index contributed by atoms with van der Waals surface area (Å²) in [5.74, 6) is -1.48. The van der Waals surface area contributed by atoms with Crippen LogP contribution in [-0.2, 0) is 27.4 Å². The molecule has 0 radical (unpaired) electrons. The van der Waals surface area contributed by atoms with E-state index in [1.807, 2.05) is 4.72 Å². The molecule has 2 aromatic carbocycles. The Balaban J connectivity index is 1.93. The number of nitrogens with one attached hydrogen (secondary N) is 2. The number of benzene rings is 2. The van der Waals surface area contributed by atoms with E-state index in [4.69, 9.17) is 11.6 Å². The van der Waals surface area contributed by atoms with Gasteiger partial charge in [-0.05, 0) is 29.8 Å². The molecular formula is C18H14ClF3N2O4S. The van der Waals surface area contributed by atoms with Gasteiger partial charge in [-0.3, -0.25) is 4.79 Å². The van der Waals surface area contributed by atoms with Crippen LogP contribution in [0, 0.1) is 0 Å². The molecule has 0 spiro atoms. The summed E-state index contributed by atoms with van der Waals surface area (Å²) in [5.41, 5.74) is 0.0482. The SMILES string of the molecule is O=C(O)C(Cc1c[nH]c2ccccc12)NS(=O)(=O)c1cc(C(F)(F)F)ccc1Cl. The van der Waals surface area contributed by atoms with Crippen molar-refractivity contribution in [2.24, 2.45) is 0 Å². The van der Waals surface area contributed by atoms with Crippen molar-refractivity contribution in [2.75, 3.05) is 0 Å². The molecule has 1 heterocycles. The summed E-state index contributed by atoms with van der Waals surface area (Å²) in [6.07, 6.45) is -3.47. The molecule has 11 heteroatoms. The number of aliphatic carboxylic acids is 1. The van der Waals surface area contributed by atoms with Crippen LogP contribution in [0.4, 0.5) is 13.2 Å². The average molecular weight is 447 g/mol. The van der Waals surface area contributed by atoms with E-state index >= 15 is 0 Å². The number of fused-ring (bicyclic) bond motifs is 1. The quantitative estimate of drug-likeness (QED) is 0.536. The van der Waals surface area contributed by atoms with Crippen LogP contribution in [-0.4, -0.2) is 30.5 Å². The second-order valence-electron chi connectivity index (χ2n) is 6.22. The first kappa shape index (κ1) is 21.2. The van der Waals surface area contributed by atoms with E-state index in [2.05, 4.69) is 4.98 Å². The molecule has 1 aromatic heterocycles. The largest absolute Gasteiger partial charge is 0.480 e. The highest BCUT2D eigenvalue weighted by Gasteiger charge is 2.34. The van der Waals surface area contributed by atoms with E-state index in [0.717, 1.165) is 11.6 Å². The minimum absolute atomic E-state index is 0.227. The van der Waals surface area contributed by atoms with Crippen molar-refractivity contribution in [3.05, 3.63) is 64.8 Å². The zero-order chi connectivity index (χ0) is 21.4. The number of aromatic amines is 1. The van der Waals surface area contributed by atoms with Crippen LogP contribution in [0.2, 0.25) is 5.02 Å². The molecule has 1 atom stereocenters. The van der Waals surface area contributed by atoms with E-state index in [1.165, 1.54) is 0 Å². The van der Waals surface area contributed by atoms with Gasteiger partial charge in [0.1, 0.15) is 10.9 Å². The first-order chi connectivity index (χ1) is 13.5. The summed E-state index contributed by atoms with van der Waals surface area (Å²) in [6.45, 7) is 0. The number of halogens is 4. The maximum absolute atomic E-state index is 12.9. The Bertz CT molecular complexity index is 1180. The molecule has 3 N–H and O–H groups in total. The van der Waals surface area contributed by atoms with Crippen LogP contribution >= 0.6 is 11.6 Å². The van der Waals surface area contributed by atoms with Gasteiger partial charge in [0.05, 0.1) is 10.6 Å². The fourth-order valence-electron chi connectivity index (χ4n) is 2.84. The zero-order valence-electron chi connectivity index (χ0n) is 14.5. The normalized spacial score (nSPS) is 13.5. The lowest BCUT2D eigenvalue weighted by molar-refractivity contribution is -0.139. The first-order valence-corrected chi connectivity index (χ1v) is 10.0. The molecule has 3 rings (SSSR count). The third kappa shape index (κ3) is 4.55. The highest BCUT2D eigenvalue weighted by Crippen LogP contribution is 2.33. The fraction of sp³-hybridized carbons (Fsp3) is 0.167. The molecule has 0 amide bonds. The molecule has 6 nitrogen and oxygen atoms in total. The number of hydrogen-bond donors (Lipinski definition) is 3. The summed E-state index contributed by atoms with van der Waals surface area (Å²) in [6, 6.07) is 7.20. The second kappa shape index (κ2) is 7.69. The molecule has 0 fully saturated rings. The van der Waals surface area contributed by atoms with E-state index in [0.29, 0.717) is 23.1 Å². The van der Waals surface area contributed by atoms with Crippen molar-refractivity contribution in [3.8, 4) is 0 Å². The second-order valence-corrected chi connectivity index (χ2v) is 8.31. The molecule has 0 saturated carbocycles. The van der Waals surface area contributed by atoms with Crippen LogP contribution in [0.3, 0.4) is 0 Å². The Labute approximate surface area is 168 Å². The van der Waals surface area contributed by atoms with Gasteiger partial charge in [-0.1, -0.05) is 29.8 Å². The number of carboxylic acid groups (broad SMARTS) is 1. The molecule has 0 aliphatic heterocycles. The van der Waals surface area contributed by atoms with Gasteiger partial charge in [-0.25, -0.2) is 8.42 Å². The summed E-state index contributed by atoms with van der Waals surface area (Å²) < 4.78 is 65.9. The summed E-state index contributed by atoms with van der Waals surface area (Å²) in [7, 11) is -4.65. The Hall–Kier alpha value is -2.56. The number of carbonyl (C=O) groups is 1. The molecular weight excluding hydrogens is 433 g/mol. The average Bonchev–Trinajstić information content (AvgIpc) is 3.03. The number of aromatic nitrogens is 1. The third-order valence-corrected chi connectivity index (χ3v) is 6.20. The Kier molecular flexibility index (Phi) is 5.61. The van der Waals surface area contributed by atoms with Crippen LogP contribution in [0.1, 0.15) is 11.1 Å². The lowest BCUT2D eigenvalue weighted by Crippen LogP contribution is -2.42. The molecule has 154 valence electrons. The van der Waals surface area contributed by atoms with E-state index < -0.39 is 43.7 Å². The van der Waals surface area contributed by atoms with E-state index in [1.54, 1.807) is 30.5 Å². The zero-order valence-corrected chi connectivity index (χ0v) is 16.1. The van der Waals surface area contributed by atoms with Gasteiger partial charge in [0.2, 0.25) is 10.0 Å². The summed E-state index contributed by atoms with van der Waals surface area (Å²) in [4.78, 5) is 13.7. The topological polar surface area (TPSA) is 99.3 Å². The third-order valence-electron chi connectivity index (χ3n) is 4.24. The van der Waals surface area contributed by atoms with E-state index in [9.17, 15) is 31.5 Å². The minimum atomic E-state index is -4.79. The van der Waals surface area contributed by atoms with Crippen molar-refractivity contribution in [1.82, 2.24) is 9.71 Å². The monoisotopic (exact) mass is 446 g/mol. The van der Waals surface area contributed by atoms with Gasteiger partial charge in [-0.2, -0.15) is 17.9 Å². The van der Waals surface area contributed by atoms with Crippen molar-refractivity contribution in [1.29, 1.82) is 0 Å². The van der Waals surface area contributed by atoms with E-state index in [-0.39, 0.29) is 6.42 Å². The number of hydrogen-bond acceptors (Lipinski definition) is 3. The van der Waals surface area contributed by atoms with Crippen molar-refractivity contribution < 1.29 is 31.5 Å². The van der Waals surface area contributed by atoms with Crippen molar-refractivity contribution in [2.45, 2.75) is 23.5 Å². The lowest BCUT2D eigenvalue weighted by Gasteiger charge is -2.16. The highest BCUT2D eigenvalue weighted by atomic mass is 35.5. The fourth-order valence-corrected chi connectivity index (χ4v) is 4.55. The lowest BCUT2D eigenvalue weighted by atomic mass is 10.1. The predicted molar refractivity (Wildman–Crippen MR) is 100 cm³/mol. The maximum Gasteiger partial charge on any atom is 0.416 e. The molecule has 1 unspecified atom stereocenters. The highest BCUT2D eigenvalue weighted by molar-refractivity contribution is 7.89. The van der Waals surface area contributed by atoms with Crippen LogP contribution in [0.5, 0.6) is 0 Å². The number of alkyl halides is 3. The van der Waals surface area contributed by atoms with Crippen molar-refractivity contribution in [3.63, 3.8) is 0 Å². The number of rotatable bonds is 6. The van der Waals surface area contributed by atoms with Gasteiger partial charge in [0.15, 0.2) is 0 Å². The maximum atomic E-state index is 12.9. The van der Waals surface area contributed by atoms with Gasteiger partial charge >= 0.3 is 12.1 Å². The van der Waals surface area contributed by atoms with Crippen LogP contribution in [0.15, 0.2) is 53.6 Å². The molecule has 0 saturated heterocycles. The van der Waals surface area contributed by atoms with Gasteiger partial charge in [0, 0.05) is 23.5 Å². The standard InChI is InChI=1S/C18H14ClF3N2O4S/c19-13-6-5-11(18(20,21)22)8-16(13)29(27,28)24-15(17(25)26)7-10-9-23-14-4-2-1-3-12(10)14/h1-6,8-9,15,23-24H,7H2,(H,25,26). The Morgan fingerprint density at radius 1 is 1.21 bits per heavy atom. The number of H-pyrrole nitrogens is 1. The first-order valence-electron chi connectivity index (χ1n) is 8.16. The van der Waals surface area contributed by atoms with Crippen LogP contribution in [0.25, 0.3) is 10.9 Å². The predicted octanol–water partition coefficient (Wildman–Crippen LogP) is 3.81. The molecule has 29 heavy (non-hydrogen) atoms. The number of para-hydroxylation sites is 1. The van der Waals surface area contributed by atoms with Gasteiger partial charge in [-0.15, -0.1) is 0 Å². The number of sulfonamides is 1. The van der Waals surface area contributed by atoms with Crippen molar-refractivity contribution >= 4 is 38.5 Å². The number of carboxylic acids is 1. The Morgan fingerprint density at radius 3 is 2.55 bits per heavy atom. The van der Waals surface area contributed by atoms with Gasteiger partial charge in [0.25, 0.3) is 0 Å². The summed E-state index contributed by atoms with van der Waals surface area (Å²) in [5, 5.41) is 9.70. The minimum Gasteiger partial charge on any atom is -0.480 e. The Morgan fingerprint density at radius 2 is 1.90 bits per heavy atom. The smallest absolute Gasteiger partial charge is 0.416 e. The van der Waals surface area contributed by atoms with Crippen LogP contribution < -0.4 is 4.72 Å². The molecule has 0 bridgehead atoms. The molecule has 3 aromatic rings. The molecule has 0 aliphatic rings. The van der Waals surface area contributed by atoms with Gasteiger partial charge < -0.3 is 10.1 Å². The molecule has 0 aliphatic carbocycles.